The molecule has 0 spiro atoms. The van der Waals surface area contributed by atoms with Crippen molar-refractivity contribution in [3.63, 3.8) is 0 Å². The standard InChI is InChI=1S/C24H23NO2/c1-18-13-15-22(16-14-18)26-17-20(3)24(25-21-10-5-4-6-11-21)27-23-12-8-7-9-19(23)2/h4-17H,1-3H3. The van der Waals surface area contributed by atoms with Crippen LogP contribution in [0, 0.1) is 13.8 Å². The zero-order valence-corrected chi connectivity index (χ0v) is 15.8. The summed E-state index contributed by atoms with van der Waals surface area (Å²) in [6.45, 7) is 5.98. The van der Waals surface area contributed by atoms with E-state index in [1.807, 2.05) is 99.6 Å². The molecule has 0 bridgehead atoms. The van der Waals surface area contributed by atoms with Gasteiger partial charge in [-0.15, -0.1) is 0 Å². The van der Waals surface area contributed by atoms with Crippen molar-refractivity contribution in [3.05, 3.63) is 102 Å². The van der Waals surface area contributed by atoms with Crippen molar-refractivity contribution in [1.82, 2.24) is 0 Å². The highest BCUT2D eigenvalue weighted by Gasteiger charge is 2.09. The van der Waals surface area contributed by atoms with E-state index in [-0.39, 0.29) is 0 Å². The van der Waals surface area contributed by atoms with E-state index >= 15 is 0 Å². The molecule has 0 N–H and O–H groups in total. The molecular weight excluding hydrogens is 334 g/mol. The number of hydrogen-bond donors (Lipinski definition) is 0. The topological polar surface area (TPSA) is 30.8 Å². The maximum absolute atomic E-state index is 6.12. The van der Waals surface area contributed by atoms with Gasteiger partial charge in [0, 0.05) is 5.57 Å². The van der Waals surface area contributed by atoms with Gasteiger partial charge in [-0.3, -0.25) is 0 Å². The molecule has 3 nitrogen and oxygen atoms in total. The fourth-order valence-electron chi connectivity index (χ4n) is 2.41. The van der Waals surface area contributed by atoms with E-state index in [0.717, 1.165) is 28.3 Å². The zero-order chi connectivity index (χ0) is 19.1. The van der Waals surface area contributed by atoms with Crippen LogP contribution in [0.2, 0.25) is 0 Å². The smallest absolute Gasteiger partial charge is 0.225 e. The predicted octanol–water partition coefficient (Wildman–Crippen LogP) is 6.40. The maximum Gasteiger partial charge on any atom is 0.225 e. The van der Waals surface area contributed by atoms with Crippen LogP contribution in [0.5, 0.6) is 11.5 Å². The van der Waals surface area contributed by atoms with Gasteiger partial charge < -0.3 is 9.47 Å². The van der Waals surface area contributed by atoms with Crippen molar-refractivity contribution >= 4 is 11.6 Å². The SMILES string of the molecule is CC(=COc1ccc(C)cc1)C(=Nc1ccccc1)Oc1ccccc1C. The van der Waals surface area contributed by atoms with Crippen LogP contribution in [-0.4, -0.2) is 5.90 Å². The van der Waals surface area contributed by atoms with Crippen molar-refractivity contribution in [1.29, 1.82) is 0 Å². The molecule has 3 rings (SSSR count). The second-order valence-corrected chi connectivity index (χ2v) is 6.35. The molecule has 0 aromatic heterocycles. The summed E-state index contributed by atoms with van der Waals surface area (Å²) in [5.74, 6) is 2.05. The Morgan fingerprint density at radius 2 is 1.48 bits per heavy atom. The van der Waals surface area contributed by atoms with Gasteiger partial charge in [-0.2, -0.15) is 0 Å². The minimum Gasteiger partial charge on any atom is -0.465 e. The second kappa shape index (κ2) is 8.86. The third-order valence-electron chi connectivity index (χ3n) is 4.02. The Bertz CT molecular complexity index is 942. The van der Waals surface area contributed by atoms with Crippen molar-refractivity contribution in [2.45, 2.75) is 20.8 Å². The Balaban J connectivity index is 1.88. The Morgan fingerprint density at radius 3 is 2.19 bits per heavy atom. The lowest BCUT2D eigenvalue weighted by atomic mass is 10.2. The zero-order valence-electron chi connectivity index (χ0n) is 15.8. The number of aryl methyl sites for hydroxylation is 2. The lowest BCUT2D eigenvalue weighted by molar-refractivity contribution is 0.473. The lowest BCUT2D eigenvalue weighted by Gasteiger charge is -2.12. The van der Waals surface area contributed by atoms with E-state index in [4.69, 9.17) is 9.47 Å². The lowest BCUT2D eigenvalue weighted by Crippen LogP contribution is -2.11. The van der Waals surface area contributed by atoms with Gasteiger partial charge in [0.2, 0.25) is 5.90 Å². The van der Waals surface area contributed by atoms with E-state index in [9.17, 15) is 0 Å². The minimum absolute atomic E-state index is 0.502. The van der Waals surface area contributed by atoms with Gasteiger partial charge in [-0.1, -0.05) is 54.1 Å². The Labute approximate surface area is 160 Å². The van der Waals surface area contributed by atoms with Gasteiger partial charge >= 0.3 is 0 Å². The van der Waals surface area contributed by atoms with Gasteiger partial charge in [0.1, 0.15) is 11.5 Å². The number of ether oxygens (including phenoxy) is 2. The monoisotopic (exact) mass is 357 g/mol. The van der Waals surface area contributed by atoms with Crippen LogP contribution >= 0.6 is 0 Å². The summed E-state index contributed by atoms with van der Waals surface area (Å²) in [5.41, 5.74) is 3.86. The molecule has 0 heterocycles. The molecule has 0 aliphatic rings. The third-order valence-corrected chi connectivity index (χ3v) is 4.02. The minimum atomic E-state index is 0.502. The summed E-state index contributed by atoms with van der Waals surface area (Å²) in [4.78, 5) is 4.67. The van der Waals surface area contributed by atoms with Crippen LogP contribution < -0.4 is 9.47 Å². The molecule has 0 aliphatic carbocycles. The van der Waals surface area contributed by atoms with Gasteiger partial charge in [0.15, 0.2) is 0 Å². The summed E-state index contributed by atoms with van der Waals surface area (Å²) in [6, 6.07) is 25.5. The van der Waals surface area contributed by atoms with Crippen LogP contribution in [0.3, 0.4) is 0 Å². The van der Waals surface area contributed by atoms with Crippen molar-refractivity contribution in [3.8, 4) is 11.5 Å². The molecule has 0 radical (unpaired) electrons. The largest absolute Gasteiger partial charge is 0.465 e. The van der Waals surface area contributed by atoms with Gasteiger partial charge in [0.25, 0.3) is 0 Å². The van der Waals surface area contributed by atoms with Crippen LogP contribution in [0.4, 0.5) is 5.69 Å². The van der Waals surface area contributed by atoms with E-state index < -0.39 is 0 Å². The van der Waals surface area contributed by atoms with Gasteiger partial charge in [0.05, 0.1) is 11.9 Å². The van der Waals surface area contributed by atoms with Crippen molar-refractivity contribution in [2.24, 2.45) is 4.99 Å². The first-order chi connectivity index (χ1) is 13.1. The first kappa shape index (κ1) is 18.5. The maximum atomic E-state index is 6.12. The average molecular weight is 357 g/mol. The molecule has 3 aromatic rings. The van der Waals surface area contributed by atoms with Crippen LogP contribution in [0.15, 0.2) is 95.7 Å². The fourth-order valence-corrected chi connectivity index (χ4v) is 2.41. The Kier molecular flexibility index (Phi) is 6.06. The van der Waals surface area contributed by atoms with E-state index in [2.05, 4.69) is 4.99 Å². The highest BCUT2D eigenvalue weighted by molar-refractivity contribution is 5.96. The third kappa shape index (κ3) is 5.32. The molecule has 3 heteroatoms. The predicted molar refractivity (Wildman–Crippen MR) is 111 cm³/mol. The summed E-state index contributed by atoms with van der Waals surface area (Å²) in [7, 11) is 0. The molecule has 0 saturated heterocycles. The normalized spacial score (nSPS) is 12.0. The van der Waals surface area contributed by atoms with E-state index in [0.29, 0.717) is 5.90 Å². The Hall–Kier alpha value is -3.33. The number of hydrogen-bond acceptors (Lipinski definition) is 3. The highest BCUT2D eigenvalue weighted by atomic mass is 16.5. The summed E-state index contributed by atoms with van der Waals surface area (Å²) in [5, 5.41) is 0. The number of rotatable bonds is 5. The number of para-hydroxylation sites is 2. The molecule has 0 unspecified atom stereocenters. The molecular formula is C24H23NO2. The van der Waals surface area contributed by atoms with E-state index in [1.54, 1.807) is 6.26 Å². The number of aliphatic imine (C=N–C) groups is 1. The Morgan fingerprint density at radius 1 is 0.815 bits per heavy atom. The van der Waals surface area contributed by atoms with Crippen LogP contribution in [0.25, 0.3) is 0 Å². The second-order valence-electron chi connectivity index (χ2n) is 6.35. The van der Waals surface area contributed by atoms with Crippen molar-refractivity contribution in [2.75, 3.05) is 0 Å². The molecule has 0 atom stereocenters. The summed E-state index contributed by atoms with van der Waals surface area (Å²) >= 11 is 0. The molecule has 0 saturated carbocycles. The first-order valence-electron chi connectivity index (χ1n) is 8.89. The highest BCUT2D eigenvalue weighted by Crippen LogP contribution is 2.21. The number of nitrogens with zero attached hydrogens (tertiary/aromatic N) is 1. The first-order valence-corrected chi connectivity index (χ1v) is 8.89. The number of benzene rings is 3. The van der Waals surface area contributed by atoms with Crippen LogP contribution in [0.1, 0.15) is 18.1 Å². The quantitative estimate of drug-likeness (QED) is 0.301. The molecule has 136 valence electrons. The van der Waals surface area contributed by atoms with E-state index in [1.165, 1.54) is 5.56 Å². The fraction of sp³-hybridized carbons (Fsp3) is 0.125. The summed E-state index contributed by atoms with van der Waals surface area (Å²) in [6.07, 6.45) is 1.67. The van der Waals surface area contributed by atoms with Gasteiger partial charge in [-0.25, -0.2) is 4.99 Å². The molecule has 0 fully saturated rings. The molecule has 0 amide bonds. The average Bonchev–Trinajstić information content (AvgIpc) is 2.69. The molecule has 3 aromatic carbocycles. The molecule has 27 heavy (non-hydrogen) atoms. The molecule has 0 aliphatic heterocycles. The van der Waals surface area contributed by atoms with Crippen LogP contribution in [-0.2, 0) is 0 Å². The van der Waals surface area contributed by atoms with Gasteiger partial charge in [-0.05, 0) is 56.7 Å². The summed E-state index contributed by atoms with van der Waals surface area (Å²) < 4.78 is 11.9. The van der Waals surface area contributed by atoms with Crippen molar-refractivity contribution < 1.29 is 9.47 Å².